The van der Waals surface area contributed by atoms with Crippen LogP contribution in [0.5, 0.6) is 5.75 Å². The molecule has 114 valence electrons. The van der Waals surface area contributed by atoms with Gasteiger partial charge in [0.05, 0.1) is 11.1 Å². The molecular weight excluding hydrogens is 280 g/mol. The first-order valence-corrected chi connectivity index (χ1v) is 7.24. The van der Waals surface area contributed by atoms with Crippen LogP contribution in [0.25, 0.3) is 0 Å². The highest BCUT2D eigenvalue weighted by Gasteiger charge is 2.37. The molecule has 1 aromatic carbocycles. The molecular formula is C17H18N2O3. The van der Waals surface area contributed by atoms with E-state index >= 15 is 0 Å². The van der Waals surface area contributed by atoms with Crippen LogP contribution in [0.15, 0.2) is 30.5 Å². The predicted molar refractivity (Wildman–Crippen MR) is 83.3 cm³/mol. The number of aromatic hydroxyl groups is 1. The summed E-state index contributed by atoms with van der Waals surface area (Å²) in [7, 11) is 0. The summed E-state index contributed by atoms with van der Waals surface area (Å²) < 4.78 is 0. The minimum absolute atomic E-state index is 0.00542. The van der Waals surface area contributed by atoms with E-state index in [9.17, 15) is 14.7 Å². The SMILES string of the molecule is CC1(C)CCc2[nH]cc(C(=O)Nc3ccc(O)cc3)c2C1=O. The van der Waals surface area contributed by atoms with E-state index in [4.69, 9.17) is 0 Å². The van der Waals surface area contributed by atoms with E-state index < -0.39 is 5.41 Å². The van der Waals surface area contributed by atoms with E-state index in [1.54, 1.807) is 18.3 Å². The maximum absolute atomic E-state index is 12.6. The number of fused-ring (bicyclic) bond motifs is 1. The number of amides is 1. The fraction of sp³-hybridized carbons (Fsp3) is 0.294. The van der Waals surface area contributed by atoms with Crippen LogP contribution in [-0.4, -0.2) is 21.8 Å². The van der Waals surface area contributed by atoms with Crippen LogP contribution >= 0.6 is 0 Å². The highest BCUT2D eigenvalue weighted by atomic mass is 16.3. The molecule has 0 saturated heterocycles. The van der Waals surface area contributed by atoms with E-state index in [1.165, 1.54) is 12.1 Å². The first kappa shape index (κ1) is 14.4. The van der Waals surface area contributed by atoms with Crippen LogP contribution in [0.3, 0.4) is 0 Å². The second-order valence-corrected chi connectivity index (χ2v) is 6.27. The lowest BCUT2D eigenvalue weighted by Gasteiger charge is -2.28. The summed E-state index contributed by atoms with van der Waals surface area (Å²) in [5.41, 5.74) is 1.84. The average molecular weight is 298 g/mol. The Morgan fingerprint density at radius 1 is 1.27 bits per heavy atom. The normalized spacial score (nSPS) is 16.2. The lowest BCUT2D eigenvalue weighted by molar-refractivity contribution is 0.0805. The molecule has 0 aliphatic heterocycles. The summed E-state index contributed by atoms with van der Waals surface area (Å²) in [4.78, 5) is 28.1. The zero-order chi connectivity index (χ0) is 15.9. The molecule has 0 atom stereocenters. The molecule has 5 heteroatoms. The van der Waals surface area contributed by atoms with E-state index in [-0.39, 0.29) is 17.4 Å². The zero-order valence-corrected chi connectivity index (χ0v) is 12.6. The number of anilines is 1. The maximum Gasteiger partial charge on any atom is 0.257 e. The lowest BCUT2D eigenvalue weighted by atomic mass is 9.74. The average Bonchev–Trinajstić information content (AvgIpc) is 2.90. The summed E-state index contributed by atoms with van der Waals surface area (Å²) in [6.45, 7) is 3.82. The zero-order valence-electron chi connectivity index (χ0n) is 12.6. The van der Waals surface area contributed by atoms with Gasteiger partial charge >= 0.3 is 0 Å². The molecule has 0 spiro atoms. The fourth-order valence-corrected chi connectivity index (χ4v) is 2.73. The third-order valence-corrected chi connectivity index (χ3v) is 4.17. The molecule has 2 aromatic rings. The Hall–Kier alpha value is -2.56. The highest BCUT2D eigenvalue weighted by molar-refractivity contribution is 6.15. The van der Waals surface area contributed by atoms with Gasteiger partial charge in [0.15, 0.2) is 5.78 Å². The van der Waals surface area contributed by atoms with Gasteiger partial charge in [-0.3, -0.25) is 9.59 Å². The summed E-state index contributed by atoms with van der Waals surface area (Å²) in [6, 6.07) is 6.21. The molecule has 0 saturated carbocycles. The number of carbonyl (C=O) groups is 2. The number of aryl methyl sites for hydroxylation is 1. The smallest absolute Gasteiger partial charge is 0.257 e. The van der Waals surface area contributed by atoms with Crippen molar-refractivity contribution in [3.8, 4) is 5.75 Å². The lowest BCUT2D eigenvalue weighted by Crippen LogP contribution is -2.31. The largest absolute Gasteiger partial charge is 0.508 e. The fourth-order valence-electron chi connectivity index (χ4n) is 2.73. The van der Waals surface area contributed by atoms with Gasteiger partial charge in [-0.25, -0.2) is 0 Å². The van der Waals surface area contributed by atoms with Gasteiger partial charge in [0.1, 0.15) is 5.75 Å². The van der Waals surface area contributed by atoms with Crippen molar-refractivity contribution in [3.05, 3.63) is 47.3 Å². The number of nitrogens with one attached hydrogen (secondary N) is 2. The second-order valence-electron chi connectivity index (χ2n) is 6.27. The van der Waals surface area contributed by atoms with E-state index in [0.29, 0.717) is 16.8 Å². The van der Waals surface area contributed by atoms with Crippen molar-refractivity contribution in [2.75, 3.05) is 5.32 Å². The number of rotatable bonds is 2. The van der Waals surface area contributed by atoms with Gasteiger partial charge in [0.25, 0.3) is 5.91 Å². The first-order chi connectivity index (χ1) is 10.4. The first-order valence-electron chi connectivity index (χ1n) is 7.24. The number of Topliss-reactive ketones (excluding diaryl/α,β-unsaturated/α-hetero) is 1. The Labute approximate surface area is 128 Å². The van der Waals surface area contributed by atoms with Crippen molar-refractivity contribution in [1.82, 2.24) is 4.98 Å². The van der Waals surface area contributed by atoms with E-state index in [2.05, 4.69) is 10.3 Å². The Morgan fingerprint density at radius 3 is 2.64 bits per heavy atom. The summed E-state index contributed by atoms with van der Waals surface area (Å²) >= 11 is 0. The van der Waals surface area contributed by atoms with Crippen LogP contribution in [0.4, 0.5) is 5.69 Å². The number of phenolic OH excluding ortho intramolecular Hbond substituents is 1. The summed E-state index contributed by atoms with van der Waals surface area (Å²) in [5, 5.41) is 12.0. The molecule has 1 aromatic heterocycles. The minimum atomic E-state index is -0.442. The van der Waals surface area contributed by atoms with Crippen molar-refractivity contribution in [2.45, 2.75) is 26.7 Å². The molecule has 1 heterocycles. The number of hydrogen-bond donors (Lipinski definition) is 3. The number of ketones is 1. The molecule has 3 rings (SSSR count). The number of phenols is 1. The van der Waals surface area contributed by atoms with Crippen molar-refractivity contribution in [3.63, 3.8) is 0 Å². The van der Waals surface area contributed by atoms with Crippen LogP contribution in [-0.2, 0) is 6.42 Å². The maximum atomic E-state index is 12.6. The monoisotopic (exact) mass is 298 g/mol. The second kappa shape index (κ2) is 5.02. The molecule has 3 N–H and O–H groups in total. The Kier molecular flexibility index (Phi) is 3.28. The predicted octanol–water partition coefficient (Wildman–Crippen LogP) is 3.13. The molecule has 0 radical (unpaired) electrons. The molecule has 0 fully saturated rings. The van der Waals surface area contributed by atoms with Crippen LogP contribution in [0.1, 0.15) is 46.7 Å². The standard InChI is InChI=1S/C17H18N2O3/c1-17(2)8-7-13-14(15(17)21)12(9-18-13)16(22)19-10-3-5-11(20)6-4-10/h3-6,9,18,20H,7-8H2,1-2H3,(H,19,22). The van der Waals surface area contributed by atoms with Crippen LogP contribution in [0, 0.1) is 5.41 Å². The van der Waals surface area contributed by atoms with Crippen molar-refractivity contribution < 1.29 is 14.7 Å². The van der Waals surface area contributed by atoms with Gasteiger partial charge < -0.3 is 15.4 Å². The van der Waals surface area contributed by atoms with Gasteiger partial charge in [-0.15, -0.1) is 0 Å². The topological polar surface area (TPSA) is 82.2 Å². The molecule has 5 nitrogen and oxygen atoms in total. The Morgan fingerprint density at radius 2 is 1.95 bits per heavy atom. The Bertz CT molecular complexity index is 742. The van der Waals surface area contributed by atoms with E-state index in [0.717, 1.165) is 18.5 Å². The number of hydrogen-bond acceptors (Lipinski definition) is 3. The van der Waals surface area contributed by atoms with Crippen molar-refractivity contribution in [2.24, 2.45) is 5.41 Å². The Balaban J connectivity index is 1.90. The number of aromatic nitrogens is 1. The van der Waals surface area contributed by atoms with Gasteiger partial charge in [0.2, 0.25) is 0 Å². The van der Waals surface area contributed by atoms with Crippen molar-refractivity contribution >= 4 is 17.4 Å². The number of H-pyrrole nitrogens is 1. The highest BCUT2D eigenvalue weighted by Crippen LogP contribution is 2.36. The van der Waals surface area contributed by atoms with Gasteiger partial charge in [-0.1, -0.05) is 13.8 Å². The van der Waals surface area contributed by atoms with Gasteiger partial charge in [-0.05, 0) is 37.1 Å². The molecule has 22 heavy (non-hydrogen) atoms. The molecule has 1 amide bonds. The van der Waals surface area contributed by atoms with Gasteiger partial charge in [0, 0.05) is 23.0 Å². The number of aromatic amines is 1. The van der Waals surface area contributed by atoms with Crippen LogP contribution in [0.2, 0.25) is 0 Å². The number of carbonyl (C=O) groups excluding carboxylic acids is 2. The molecule has 0 bridgehead atoms. The minimum Gasteiger partial charge on any atom is -0.508 e. The third kappa shape index (κ3) is 2.39. The molecule has 1 aliphatic rings. The molecule has 0 unspecified atom stereocenters. The van der Waals surface area contributed by atoms with Crippen LogP contribution < -0.4 is 5.32 Å². The molecule has 1 aliphatic carbocycles. The summed E-state index contributed by atoms with van der Waals surface area (Å²) in [5.74, 6) is -0.186. The quantitative estimate of drug-likeness (QED) is 0.745. The van der Waals surface area contributed by atoms with Gasteiger partial charge in [-0.2, -0.15) is 0 Å². The number of benzene rings is 1. The third-order valence-electron chi connectivity index (χ3n) is 4.17. The summed E-state index contributed by atoms with van der Waals surface area (Å²) in [6.07, 6.45) is 3.14. The van der Waals surface area contributed by atoms with E-state index in [1.807, 2.05) is 13.8 Å². The van der Waals surface area contributed by atoms with Crippen molar-refractivity contribution in [1.29, 1.82) is 0 Å².